The molecular formula is C14H14FN5. The molecule has 0 bridgehead atoms. The van der Waals surface area contributed by atoms with Crippen LogP contribution in [0.1, 0.15) is 24.2 Å². The first-order valence-electron chi connectivity index (χ1n) is 6.33. The Morgan fingerprint density at radius 3 is 2.90 bits per heavy atom. The normalized spacial score (nSPS) is 12.6. The summed E-state index contributed by atoms with van der Waals surface area (Å²) < 4.78 is 15.4. The van der Waals surface area contributed by atoms with E-state index in [-0.39, 0.29) is 11.9 Å². The quantitative estimate of drug-likeness (QED) is 0.795. The number of anilines is 1. The summed E-state index contributed by atoms with van der Waals surface area (Å²) in [6.45, 7) is 3.78. The van der Waals surface area contributed by atoms with Crippen molar-refractivity contribution in [2.75, 3.05) is 5.32 Å². The van der Waals surface area contributed by atoms with Gasteiger partial charge in [0, 0.05) is 17.3 Å². The van der Waals surface area contributed by atoms with Crippen molar-refractivity contribution in [1.82, 2.24) is 19.6 Å². The van der Waals surface area contributed by atoms with E-state index in [0.29, 0.717) is 11.3 Å². The lowest BCUT2D eigenvalue weighted by atomic mass is 10.1. The number of fused-ring (bicyclic) bond motifs is 1. The summed E-state index contributed by atoms with van der Waals surface area (Å²) in [5.41, 5.74) is 1.43. The monoisotopic (exact) mass is 271 g/mol. The lowest BCUT2D eigenvalue weighted by Crippen LogP contribution is -2.12. The number of hydrogen-bond acceptors (Lipinski definition) is 4. The van der Waals surface area contributed by atoms with E-state index in [4.69, 9.17) is 0 Å². The minimum Gasteiger partial charge on any atom is -0.363 e. The van der Waals surface area contributed by atoms with Gasteiger partial charge in [-0.25, -0.2) is 9.37 Å². The molecule has 0 amide bonds. The van der Waals surface area contributed by atoms with E-state index in [0.717, 1.165) is 11.5 Å². The number of aryl methyl sites for hydroxylation is 1. The Kier molecular flexibility index (Phi) is 3.06. The number of nitrogens with one attached hydrogen (secondary N) is 1. The molecule has 0 unspecified atom stereocenters. The Labute approximate surface area is 115 Å². The van der Waals surface area contributed by atoms with Gasteiger partial charge >= 0.3 is 0 Å². The lowest BCUT2D eigenvalue weighted by molar-refractivity contribution is 0.599. The SMILES string of the molecule is Cc1cc(N[C@H](C)c2ccccc2F)n2ncnc2n1. The van der Waals surface area contributed by atoms with Gasteiger partial charge in [-0.15, -0.1) is 0 Å². The van der Waals surface area contributed by atoms with Gasteiger partial charge in [-0.2, -0.15) is 14.6 Å². The van der Waals surface area contributed by atoms with Crippen LogP contribution in [0.15, 0.2) is 36.7 Å². The third-order valence-corrected chi connectivity index (χ3v) is 3.12. The number of hydrogen-bond donors (Lipinski definition) is 1. The molecule has 0 aliphatic rings. The van der Waals surface area contributed by atoms with Crippen molar-refractivity contribution < 1.29 is 4.39 Å². The Hall–Kier alpha value is -2.50. The lowest BCUT2D eigenvalue weighted by Gasteiger charge is -2.17. The molecule has 1 N–H and O–H groups in total. The molecule has 2 aromatic heterocycles. The van der Waals surface area contributed by atoms with E-state index in [1.165, 1.54) is 12.4 Å². The van der Waals surface area contributed by atoms with Crippen molar-refractivity contribution in [3.8, 4) is 0 Å². The summed E-state index contributed by atoms with van der Waals surface area (Å²) in [5.74, 6) is 1.03. The zero-order valence-corrected chi connectivity index (χ0v) is 11.2. The summed E-state index contributed by atoms with van der Waals surface area (Å²) in [5, 5.41) is 7.37. The van der Waals surface area contributed by atoms with E-state index in [9.17, 15) is 4.39 Å². The second-order valence-electron chi connectivity index (χ2n) is 4.64. The fourth-order valence-corrected chi connectivity index (χ4v) is 2.16. The van der Waals surface area contributed by atoms with Crippen LogP contribution < -0.4 is 5.32 Å². The third kappa shape index (κ3) is 2.20. The van der Waals surface area contributed by atoms with E-state index in [1.54, 1.807) is 16.6 Å². The van der Waals surface area contributed by atoms with E-state index in [2.05, 4.69) is 20.4 Å². The summed E-state index contributed by atoms with van der Waals surface area (Å²) in [4.78, 5) is 8.33. The highest BCUT2D eigenvalue weighted by Crippen LogP contribution is 2.21. The maximum Gasteiger partial charge on any atom is 0.254 e. The molecule has 6 heteroatoms. The van der Waals surface area contributed by atoms with Gasteiger partial charge < -0.3 is 5.32 Å². The van der Waals surface area contributed by atoms with Crippen LogP contribution >= 0.6 is 0 Å². The molecule has 0 saturated heterocycles. The summed E-state index contributed by atoms with van der Waals surface area (Å²) >= 11 is 0. The fraction of sp³-hybridized carbons (Fsp3) is 0.214. The van der Waals surface area contributed by atoms with Gasteiger partial charge in [0.2, 0.25) is 0 Å². The van der Waals surface area contributed by atoms with Gasteiger partial charge in [0.15, 0.2) is 0 Å². The summed E-state index contributed by atoms with van der Waals surface area (Å²) in [6.07, 6.45) is 1.45. The van der Waals surface area contributed by atoms with Crippen molar-refractivity contribution in [1.29, 1.82) is 0 Å². The molecule has 3 aromatic rings. The number of rotatable bonds is 3. The van der Waals surface area contributed by atoms with Crippen LogP contribution in [0.25, 0.3) is 5.78 Å². The average Bonchev–Trinajstić information content (AvgIpc) is 2.87. The summed E-state index contributed by atoms with van der Waals surface area (Å²) in [6, 6.07) is 8.39. The molecule has 2 heterocycles. The minimum atomic E-state index is -0.229. The highest BCUT2D eigenvalue weighted by Gasteiger charge is 2.13. The van der Waals surface area contributed by atoms with Crippen LogP contribution in [0.4, 0.5) is 10.2 Å². The molecule has 102 valence electrons. The molecule has 0 spiro atoms. The standard InChI is InChI=1S/C14H14FN5/c1-9-7-13(20-14(18-9)16-8-17-20)19-10(2)11-5-3-4-6-12(11)15/h3-8,10,19H,1-2H3/t10-/m1/s1. The van der Waals surface area contributed by atoms with E-state index < -0.39 is 0 Å². The van der Waals surface area contributed by atoms with Gasteiger partial charge in [0.05, 0.1) is 6.04 Å². The van der Waals surface area contributed by atoms with E-state index >= 15 is 0 Å². The van der Waals surface area contributed by atoms with Crippen molar-refractivity contribution in [3.63, 3.8) is 0 Å². The Morgan fingerprint density at radius 2 is 2.10 bits per heavy atom. The predicted octanol–water partition coefficient (Wildman–Crippen LogP) is 2.74. The zero-order chi connectivity index (χ0) is 14.1. The maximum absolute atomic E-state index is 13.8. The fourth-order valence-electron chi connectivity index (χ4n) is 2.16. The maximum atomic E-state index is 13.8. The van der Waals surface area contributed by atoms with Gasteiger partial charge in [0.1, 0.15) is 18.0 Å². The molecule has 0 radical (unpaired) electrons. The largest absolute Gasteiger partial charge is 0.363 e. The molecule has 20 heavy (non-hydrogen) atoms. The Bertz CT molecular complexity index is 752. The number of nitrogens with zero attached hydrogens (tertiary/aromatic N) is 4. The van der Waals surface area contributed by atoms with Crippen LogP contribution in [0.2, 0.25) is 0 Å². The smallest absolute Gasteiger partial charge is 0.254 e. The van der Waals surface area contributed by atoms with Crippen molar-refractivity contribution >= 4 is 11.6 Å². The van der Waals surface area contributed by atoms with Crippen molar-refractivity contribution in [3.05, 3.63) is 53.7 Å². The molecule has 0 aliphatic carbocycles. The second kappa shape index (κ2) is 4.88. The number of aromatic nitrogens is 4. The molecule has 1 aromatic carbocycles. The third-order valence-electron chi connectivity index (χ3n) is 3.12. The molecule has 1 atom stereocenters. The van der Waals surface area contributed by atoms with Gasteiger partial charge in [-0.1, -0.05) is 18.2 Å². The van der Waals surface area contributed by atoms with Crippen molar-refractivity contribution in [2.24, 2.45) is 0 Å². The topological polar surface area (TPSA) is 55.1 Å². The first-order valence-corrected chi connectivity index (χ1v) is 6.33. The van der Waals surface area contributed by atoms with Crippen molar-refractivity contribution in [2.45, 2.75) is 19.9 Å². The average molecular weight is 271 g/mol. The molecule has 0 saturated carbocycles. The first-order chi connectivity index (χ1) is 9.65. The zero-order valence-electron chi connectivity index (χ0n) is 11.2. The first kappa shape index (κ1) is 12.5. The van der Waals surface area contributed by atoms with Crippen LogP contribution in [-0.2, 0) is 0 Å². The predicted molar refractivity (Wildman–Crippen MR) is 74.0 cm³/mol. The number of benzene rings is 1. The molecule has 0 aliphatic heterocycles. The molecule has 0 fully saturated rings. The Balaban J connectivity index is 1.97. The number of halogens is 1. The van der Waals surface area contributed by atoms with Crippen LogP contribution in [-0.4, -0.2) is 19.6 Å². The van der Waals surface area contributed by atoms with E-state index in [1.807, 2.05) is 26.0 Å². The van der Waals surface area contributed by atoms with Gasteiger partial charge in [-0.05, 0) is 19.9 Å². The van der Waals surface area contributed by atoms with Gasteiger partial charge in [0.25, 0.3) is 5.78 Å². The second-order valence-corrected chi connectivity index (χ2v) is 4.64. The van der Waals surface area contributed by atoms with Crippen LogP contribution in [0.3, 0.4) is 0 Å². The molecular weight excluding hydrogens is 257 g/mol. The van der Waals surface area contributed by atoms with Crippen LogP contribution in [0.5, 0.6) is 0 Å². The minimum absolute atomic E-state index is 0.189. The highest BCUT2D eigenvalue weighted by atomic mass is 19.1. The Morgan fingerprint density at radius 1 is 1.30 bits per heavy atom. The molecule has 5 nitrogen and oxygen atoms in total. The highest BCUT2D eigenvalue weighted by molar-refractivity contribution is 5.46. The van der Waals surface area contributed by atoms with Crippen LogP contribution in [0, 0.1) is 12.7 Å². The van der Waals surface area contributed by atoms with Gasteiger partial charge in [-0.3, -0.25) is 0 Å². The summed E-state index contributed by atoms with van der Waals surface area (Å²) in [7, 11) is 0. The molecule has 3 rings (SSSR count).